The zero-order chi connectivity index (χ0) is 14.0. The first-order chi connectivity index (χ1) is 8.97. The van der Waals surface area contributed by atoms with Gasteiger partial charge in [0.2, 0.25) is 0 Å². The minimum absolute atomic E-state index is 0.0761. The van der Waals surface area contributed by atoms with E-state index in [2.05, 4.69) is 31.9 Å². The van der Waals surface area contributed by atoms with Gasteiger partial charge in [-0.15, -0.1) is 0 Å². The van der Waals surface area contributed by atoms with E-state index in [1.54, 1.807) is 24.3 Å². The molecule has 19 heavy (non-hydrogen) atoms. The summed E-state index contributed by atoms with van der Waals surface area (Å²) in [5.74, 6) is 0.322. The Hall–Kier alpha value is -0.910. The maximum Gasteiger partial charge on any atom is 0.166 e. The van der Waals surface area contributed by atoms with Crippen molar-refractivity contribution in [1.29, 1.82) is 0 Å². The van der Waals surface area contributed by atoms with E-state index in [4.69, 9.17) is 10.5 Å². The summed E-state index contributed by atoms with van der Waals surface area (Å²) in [6.45, 7) is 1.90. The maximum absolute atomic E-state index is 13.7. The number of nitrogens with two attached hydrogens (primary N) is 1. The summed E-state index contributed by atoms with van der Waals surface area (Å²) in [5.41, 5.74) is 6.80. The molecule has 0 aliphatic heterocycles. The lowest BCUT2D eigenvalue weighted by Gasteiger charge is -2.11. The van der Waals surface area contributed by atoms with Gasteiger partial charge in [-0.2, -0.15) is 0 Å². The molecule has 0 spiro atoms. The second-order valence-corrected chi connectivity index (χ2v) is 5.92. The number of benzene rings is 2. The van der Waals surface area contributed by atoms with Crippen LogP contribution in [0.4, 0.5) is 4.39 Å². The van der Waals surface area contributed by atoms with E-state index in [1.165, 1.54) is 6.07 Å². The molecular formula is C14H12Br2FNO. The van der Waals surface area contributed by atoms with Gasteiger partial charge < -0.3 is 10.5 Å². The Bertz CT molecular complexity index is 602. The summed E-state index contributed by atoms with van der Waals surface area (Å²) in [7, 11) is 0. The molecule has 2 rings (SSSR count). The molecule has 0 fully saturated rings. The van der Waals surface area contributed by atoms with Crippen molar-refractivity contribution in [2.75, 3.05) is 0 Å². The van der Waals surface area contributed by atoms with Gasteiger partial charge in [0.25, 0.3) is 0 Å². The van der Waals surface area contributed by atoms with Crippen molar-refractivity contribution < 1.29 is 9.13 Å². The molecule has 0 amide bonds. The molecule has 0 aromatic heterocycles. The van der Waals surface area contributed by atoms with Gasteiger partial charge in [-0.25, -0.2) is 4.39 Å². The molecule has 100 valence electrons. The second-order valence-electron chi connectivity index (χ2n) is 4.15. The fourth-order valence-corrected chi connectivity index (χ4v) is 2.68. The molecule has 2 aromatic rings. The molecule has 0 radical (unpaired) electrons. The molecule has 0 saturated heterocycles. The van der Waals surface area contributed by atoms with E-state index in [0.717, 1.165) is 10.0 Å². The lowest BCUT2D eigenvalue weighted by molar-refractivity contribution is 0.441. The average molecular weight is 389 g/mol. The standard InChI is InChI=1S/C14H12Br2FNO/c1-8(18)11-4-3-10(7-12(11)16)19-14-5-2-9(15)6-13(14)17/h2-8H,18H2,1H3/t8-/m0/s1. The van der Waals surface area contributed by atoms with Gasteiger partial charge in [-0.3, -0.25) is 0 Å². The van der Waals surface area contributed by atoms with Crippen LogP contribution in [0.5, 0.6) is 11.5 Å². The summed E-state index contributed by atoms with van der Waals surface area (Å²) >= 11 is 6.63. The van der Waals surface area contributed by atoms with E-state index in [9.17, 15) is 4.39 Å². The highest BCUT2D eigenvalue weighted by molar-refractivity contribution is 9.10. The molecule has 2 nitrogen and oxygen atoms in total. The Morgan fingerprint density at radius 3 is 2.47 bits per heavy atom. The van der Waals surface area contributed by atoms with Crippen LogP contribution in [-0.4, -0.2) is 0 Å². The van der Waals surface area contributed by atoms with E-state index in [-0.39, 0.29) is 11.8 Å². The number of ether oxygens (including phenoxy) is 1. The minimum atomic E-state index is -0.415. The van der Waals surface area contributed by atoms with Crippen molar-refractivity contribution in [2.45, 2.75) is 13.0 Å². The van der Waals surface area contributed by atoms with Gasteiger partial charge >= 0.3 is 0 Å². The van der Waals surface area contributed by atoms with Crippen LogP contribution in [0.15, 0.2) is 45.3 Å². The van der Waals surface area contributed by atoms with Gasteiger partial charge in [0, 0.05) is 15.0 Å². The smallest absolute Gasteiger partial charge is 0.166 e. The maximum atomic E-state index is 13.7. The highest BCUT2D eigenvalue weighted by Crippen LogP contribution is 2.31. The van der Waals surface area contributed by atoms with Crippen LogP contribution >= 0.6 is 31.9 Å². The second kappa shape index (κ2) is 6.03. The molecule has 5 heteroatoms. The van der Waals surface area contributed by atoms with Crippen LogP contribution < -0.4 is 10.5 Å². The normalized spacial score (nSPS) is 12.3. The molecule has 1 atom stereocenters. The van der Waals surface area contributed by atoms with E-state index < -0.39 is 5.82 Å². The fraction of sp³-hybridized carbons (Fsp3) is 0.143. The average Bonchev–Trinajstić information content (AvgIpc) is 2.32. The summed E-state index contributed by atoms with van der Waals surface area (Å²) < 4.78 is 20.7. The van der Waals surface area contributed by atoms with Gasteiger partial charge in [-0.05, 0) is 42.8 Å². The zero-order valence-corrected chi connectivity index (χ0v) is 13.3. The molecule has 2 aromatic carbocycles. The van der Waals surface area contributed by atoms with Gasteiger partial charge in [0.05, 0.1) is 0 Å². The van der Waals surface area contributed by atoms with Crippen molar-refractivity contribution in [3.8, 4) is 11.5 Å². The quantitative estimate of drug-likeness (QED) is 0.787. The third-order valence-corrected chi connectivity index (χ3v) is 3.76. The highest BCUT2D eigenvalue weighted by atomic mass is 79.9. The van der Waals surface area contributed by atoms with E-state index >= 15 is 0 Å². The van der Waals surface area contributed by atoms with Gasteiger partial charge in [-0.1, -0.05) is 37.9 Å². The topological polar surface area (TPSA) is 35.2 Å². The van der Waals surface area contributed by atoms with Crippen LogP contribution in [0, 0.1) is 5.82 Å². The molecule has 2 N–H and O–H groups in total. The summed E-state index contributed by atoms with van der Waals surface area (Å²) in [5, 5.41) is 0. The predicted octanol–water partition coefficient (Wildman–Crippen LogP) is 5.16. The molecule has 0 saturated carbocycles. The third kappa shape index (κ3) is 3.55. The predicted molar refractivity (Wildman–Crippen MR) is 80.9 cm³/mol. The Kier molecular flexibility index (Phi) is 4.60. The monoisotopic (exact) mass is 387 g/mol. The first-order valence-electron chi connectivity index (χ1n) is 5.65. The van der Waals surface area contributed by atoms with E-state index in [1.807, 2.05) is 13.0 Å². The molecule has 0 aliphatic rings. The van der Waals surface area contributed by atoms with Crippen LogP contribution in [-0.2, 0) is 0 Å². The highest BCUT2D eigenvalue weighted by Gasteiger charge is 2.09. The molecule has 0 aliphatic carbocycles. The minimum Gasteiger partial charge on any atom is -0.454 e. The van der Waals surface area contributed by atoms with Crippen LogP contribution in [0.25, 0.3) is 0 Å². The van der Waals surface area contributed by atoms with Gasteiger partial charge in [0.15, 0.2) is 11.6 Å². The zero-order valence-electron chi connectivity index (χ0n) is 10.2. The summed E-state index contributed by atoms with van der Waals surface area (Å²) in [4.78, 5) is 0. The van der Waals surface area contributed by atoms with Crippen LogP contribution in [0.3, 0.4) is 0 Å². The van der Waals surface area contributed by atoms with Crippen molar-refractivity contribution in [3.05, 3.63) is 56.7 Å². The van der Waals surface area contributed by atoms with Crippen molar-refractivity contribution in [1.82, 2.24) is 0 Å². The first kappa shape index (κ1) is 14.5. The lowest BCUT2D eigenvalue weighted by atomic mass is 10.1. The van der Waals surface area contributed by atoms with E-state index in [0.29, 0.717) is 10.2 Å². The van der Waals surface area contributed by atoms with Crippen molar-refractivity contribution in [3.63, 3.8) is 0 Å². The number of rotatable bonds is 3. The number of hydrogen-bond acceptors (Lipinski definition) is 2. The summed E-state index contributed by atoms with van der Waals surface area (Å²) in [6, 6.07) is 10.00. The fourth-order valence-electron chi connectivity index (χ4n) is 1.63. The Morgan fingerprint density at radius 2 is 1.89 bits per heavy atom. The first-order valence-corrected chi connectivity index (χ1v) is 7.24. The Morgan fingerprint density at radius 1 is 1.16 bits per heavy atom. The molecule has 0 heterocycles. The van der Waals surface area contributed by atoms with Crippen LogP contribution in [0.2, 0.25) is 0 Å². The third-order valence-electron chi connectivity index (χ3n) is 2.58. The number of halogens is 3. The lowest BCUT2D eigenvalue weighted by Crippen LogP contribution is -2.05. The molecule has 0 bridgehead atoms. The van der Waals surface area contributed by atoms with Crippen molar-refractivity contribution >= 4 is 31.9 Å². The summed E-state index contributed by atoms with van der Waals surface area (Å²) in [6.07, 6.45) is 0. The molecule has 0 unspecified atom stereocenters. The largest absolute Gasteiger partial charge is 0.454 e. The Balaban J connectivity index is 2.26. The molecular weight excluding hydrogens is 377 g/mol. The Labute approximate surface area is 128 Å². The van der Waals surface area contributed by atoms with Crippen molar-refractivity contribution in [2.24, 2.45) is 5.73 Å². The SMILES string of the molecule is C[C@H](N)c1ccc(Oc2ccc(Br)cc2F)cc1Br. The van der Waals surface area contributed by atoms with Gasteiger partial charge in [0.1, 0.15) is 5.75 Å². The number of hydrogen-bond donors (Lipinski definition) is 1. The van der Waals surface area contributed by atoms with Crippen LogP contribution in [0.1, 0.15) is 18.5 Å².